The van der Waals surface area contributed by atoms with E-state index in [0.29, 0.717) is 36.2 Å². The number of thiocarbonyl (C=S) groups is 1. The number of methoxy groups -OCH3 is 1. The van der Waals surface area contributed by atoms with E-state index in [0.717, 1.165) is 45.1 Å². The average molecular weight is 428 g/mol. The number of nitrogens with one attached hydrogen (secondary N) is 2. The molecule has 0 saturated carbocycles. The second-order valence-electron chi connectivity index (χ2n) is 7.15. The number of ether oxygens (including phenoxy) is 2. The van der Waals surface area contributed by atoms with Crippen molar-refractivity contribution in [3.63, 3.8) is 0 Å². The molecule has 2 N–H and O–H groups in total. The van der Waals surface area contributed by atoms with Crippen LogP contribution in [0, 0.1) is 0 Å². The largest absolute Gasteiger partial charge is 0.495 e. The Kier molecular flexibility index (Phi) is 7.50. The first kappa shape index (κ1) is 21.3. The smallest absolute Gasteiger partial charge is 0.243 e. The van der Waals surface area contributed by atoms with Crippen molar-refractivity contribution in [1.82, 2.24) is 9.62 Å². The Labute approximate surface area is 172 Å². The van der Waals surface area contributed by atoms with E-state index in [4.69, 9.17) is 21.7 Å². The lowest BCUT2D eigenvalue weighted by Crippen LogP contribution is -2.35. The molecule has 0 aromatic heterocycles. The Morgan fingerprint density at radius 1 is 1.25 bits per heavy atom. The third-order valence-electron chi connectivity index (χ3n) is 5.14. The van der Waals surface area contributed by atoms with Gasteiger partial charge in [-0.3, -0.25) is 0 Å². The third kappa shape index (κ3) is 5.34. The minimum Gasteiger partial charge on any atom is -0.495 e. The third-order valence-corrected chi connectivity index (χ3v) is 7.28. The van der Waals surface area contributed by atoms with Gasteiger partial charge in [0.05, 0.1) is 23.8 Å². The number of benzene rings is 1. The Bertz CT molecular complexity index is 771. The van der Waals surface area contributed by atoms with E-state index in [1.807, 2.05) is 0 Å². The zero-order valence-electron chi connectivity index (χ0n) is 16.3. The summed E-state index contributed by atoms with van der Waals surface area (Å²) in [4.78, 5) is 0.250. The lowest BCUT2D eigenvalue weighted by atomic mass is 10.2. The van der Waals surface area contributed by atoms with Crippen LogP contribution in [0.15, 0.2) is 23.1 Å². The molecule has 156 valence electrons. The summed E-state index contributed by atoms with van der Waals surface area (Å²) >= 11 is 5.36. The van der Waals surface area contributed by atoms with Gasteiger partial charge in [-0.15, -0.1) is 0 Å². The van der Waals surface area contributed by atoms with Crippen LogP contribution in [0.5, 0.6) is 5.75 Å². The fourth-order valence-corrected chi connectivity index (χ4v) is 5.29. The highest BCUT2D eigenvalue weighted by molar-refractivity contribution is 7.89. The standard InChI is InChI=1S/C19H29N3O4S2/c1-25-18-9-8-16(28(23,24)22-10-4-2-3-5-11-22)13-17(18)21-19(27)20-14-15-7-6-12-26-15/h8-9,13,15H,2-7,10-12,14H2,1H3,(H2,20,21,27)/t15-/m1/s1. The Balaban J connectivity index is 1.72. The van der Waals surface area contributed by atoms with Crippen LogP contribution >= 0.6 is 12.2 Å². The molecule has 0 radical (unpaired) electrons. The maximum Gasteiger partial charge on any atom is 0.243 e. The van der Waals surface area contributed by atoms with Crippen molar-refractivity contribution < 1.29 is 17.9 Å². The van der Waals surface area contributed by atoms with E-state index < -0.39 is 10.0 Å². The predicted octanol–water partition coefficient (Wildman–Crippen LogP) is 2.73. The molecule has 0 aliphatic carbocycles. The number of nitrogens with zero attached hydrogens (tertiary/aromatic N) is 1. The average Bonchev–Trinajstić information content (AvgIpc) is 3.05. The summed E-state index contributed by atoms with van der Waals surface area (Å²) in [6.45, 7) is 2.55. The van der Waals surface area contributed by atoms with Crippen LogP contribution in [-0.2, 0) is 14.8 Å². The van der Waals surface area contributed by atoms with Crippen LogP contribution in [0.2, 0.25) is 0 Å². The second kappa shape index (κ2) is 9.87. The molecule has 2 saturated heterocycles. The highest BCUT2D eigenvalue weighted by Gasteiger charge is 2.26. The van der Waals surface area contributed by atoms with Crippen molar-refractivity contribution in [3.05, 3.63) is 18.2 Å². The van der Waals surface area contributed by atoms with Gasteiger partial charge in [-0.05, 0) is 56.1 Å². The molecule has 2 heterocycles. The number of anilines is 1. The van der Waals surface area contributed by atoms with Crippen molar-refractivity contribution in [2.75, 3.05) is 38.7 Å². The van der Waals surface area contributed by atoms with Crippen molar-refractivity contribution in [1.29, 1.82) is 0 Å². The summed E-state index contributed by atoms with van der Waals surface area (Å²) < 4.78 is 38.7. The number of hydrogen-bond acceptors (Lipinski definition) is 5. The molecule has 2 aliphatic rings. The number of rotatable bonds is 6. The van der Waals surface area contributed by atoms with Gasteiger partial charge >= 0.3 is 0 Å². The second-order valence-corrected chi connectivity index (χ2v) is 9.50. The van der Waals surface area contributed by atoms with Crippen molar-refractivity contribution >= 4 is 33.0 Å². The van der Waals surface area contributed by atoms with Crippen LogP contribution in [0.1, 0.15) is 38.5 Å². The normalized spacial score (nSPS) is 21.1. The first-order valence-electron chi connectivity index (χ1n) is 9.85. The topological polar surface area (TPSA) is 79.9 Å². The van der Waals surface area contributed by atoms with Crippen molar-refractivity contribution in [3.8, 4) is 5.75 Å². The first-order chi connectivity index (χ1) is 13.5. The van der Waals surface area contributed by atoms with E-state index in [9.17, 15) is 8.42 Å². The molecule has 2 aliphatic heterocycles. The van der Waals surface area contributed by atoms with Crippen molar-refractivity contribution in [2.24, 2.45) is 0 Å². The monoisotopic (exact) mass is 427 g/mol. The number of sulfonamides is 1. The van der Waals surface area contributed by atoms with Crippen LogP contribution < -0.4 is 15.4 Å². The van der Waals surface area contributed by atoms with E-state index in [-0.39, 0.29) is 11.0 Å². The molecule has 28 heavy (non-hydrogen) atoms. The quantitative estimate of drug-likeness (QED) is 0.676. The van der Waals surface area contributed by atoms with Gasteiger partial charge in [0, 0.05) is 26.2 Å². The van der Waals surface area contributed by atoms with Gasteiger partial charge in [0.1, 0.15) is 5.75 Å². The van der Waals surface area contributed by atoms with E-state index in [2.05, 4.69) is 10.6 Å². The predicted molar refractivity (Wildman–Crippen MR) is 113 cm³/mol. The molecule has 7 nitrogen and oxygen atoms in total. The molecule has 1 atom stereocenters. The summed E-state index contributed by atoms with van der Waals surface area (Å²) in [5, 5.41) is 6.62. The molecule has 9 heteroatoms. The SMILES string of the molecule is COc1ccc(S(=O)(=O)N2CCCCCC2)cc1NC(=S)NC[C@H]1CCCO1. The first-order valence-corrected chi connectivity index (χ1v) is 11.7. The van der Waals surface area contributed by atoms with Gasteiger partial charge in [-0.25, -0.2) is 8.42 Å². The molecular weight excluding hydrogens is 398 g/mol. The molecule has 0 spiro atoms. The van der Waals surface area contributed by atoms with Gasteiger partial charge in [0.2, 0.25) is 10.0 Å². The Hall–Kier alpha value is -1.42. The minimum absolute atomic E-state index is 0.163. The summed E-state index contributed by atoms with van der Waals surface area (Å²) in [6.07, 6.45) is 6.20. The van der Waals surface area contributed by atoms with Gasteiger partial charge in [0.25, 0.3) is 0 Å². The van der Waals surface area contributed by atoms with E-state index in [1.165, 1.54) is 0 Å². The molecule has 1 aromatic rings. The minimum atomic E-state index is -3.54. The molecule has 0 unspecified atom stereocenters. The molecule has 0 amide bonds. The highest BCUT2D eigenvalue weighted by atomic mass is 32.2. The number of hydrogen-bond donors (Lipinski definition) is 2. The van der Waals surface area contributed by atoms with E-state index >= 15 is 0 Å². The summed E-state index contributed by atoms with van der Waals surface area (Å²) in [7, 11) is -1.99. The summed E-state index contributed by atoms with van der Waals surface area (Å²) in [5.74, 6) is 0.538. The molecule has 2 fully saturated rings. The molecule has 1 aromatic carbocycles. The fourth-order valence-electron chi connectivity index (χ4n) is 3.55. The maximum absolute atomic E-state index is 13.1. The molecule has 0 bridgehead atoms. The zero-order chi connectivity index (χ0) is 20.0. The van der Waals surface area contributed by atoms with Crippen molar-refractivity contribution in [2.45, 2.75) is 49.5 Å². The maximum atomic E-state index is 13.1. The lowest BCUT2D eigenvalue weighted by molar-refractivity contribution is 0.114. The van der Waals surface area contributed by atoms with E-state index in [1.54, 1.807) is 29.6 Å². The van der Waals surface area contributed by atoms with Gasteiger partial charge in [-0.2, -0.15) is 4.31 Å². The van der Waals surface area contributed by atoms with Crippen LogP contribution in [0.3, 0.4) is 0 Å². The van der Waals surface area contributed by atoms with Gasteiger partial charge in [0.15, 0.2) is 5.11 Å². The van der Waals surface area contributed by atoms with Crippen LogP contribution in [0.4, 0.5) is 5.69 Å². The lowest BCUT2D eigenvalue weighted by Gasteiger charge is -2.21. The molecular formula is C19H29N3O4S2. The fraction of sp³-hybridized carbons (Fsp3) is 0.632. The highest BCUT2D eigenvalue weighted by Crippen LogP contribution is 2.29. The van der Waals surface area contributed by atoms with Gasteiger partial charge in [-0.1, -0.05) is 12.8 Å². The zero-order valence-corrected chi connectivity index (χ0v) is 17.9. The van der Waals surface area contributed by atoms with Gasteiger partial charge < -0.3 is 20.1 Å². The molecule has 3 rings (SSSR count). The Morgan fingerprint density at radius 3 is 2.64 bits per heavy atom. The summed E-state index contributed by atoms with van der Waals surface area (Å²) in [5.41, 5.74) is 0.531. The Morgan fingerprint density at radius 2 is 2.00 bits per heavy atom. The van der Waals surface area contributed by atoms with Crippen LogP contribution in [0.25, 0.3) is 0 Å². The van der Waals surface area contributed by atoms with Crippen LogP contribution in [-0.4, -0.2) is 57.3 Å². The summed E-state index contributed by atoms with van der Waals surface area (Å²) in [6, 6.07) is 4.85.